The van der Waals surface area contributed by atoms with Crippen molar-refractivity contribution in [2.45, 2.75) is 19.3 Å². The van der Waals surface area contributed by atoms with Crippen LogP contribution in [-0.2, 0) is 11.2 Å². The van der Waals surface area contributed by atoms with Crippen LogP contribution in [0.25, 0.3) is 10.8 Å². The van der Waals surface area contributed by atoms with Crippen LogP contribution in [0.4, 0.5) is 0 Å². The molecule has 0 fully saturated rings. The lowest BCUT2D eigenvalue weighted by atomic mass is 10.0. The number of carboxylic acid groups (broad SMARTS) is 1. The van der Waals surface area contributed by atoms with E-state index >= 15 is 0 Å². The fraction of sp³-hybridized carbons (Fsp3) is 0.143. The predicted octanol–water partition coefficient (Wildman–Crippen LogP) is 4.04. The maximum Gasteiger partial charge on any atom is 0.304 e. The number of hydrogen-bond donors (Lipinski definition) is 1. The lowest BCUT2D eigenvalue weighted by Crippen LogP contribution is -1.94. The topological polar surface area (TPSA) is 50.2 Å². The normalized spacial score (nSPS) is 10.2. The highest BCUT2D eigenvalue weighted by atomic mass is 16.4. The van der Waals surface area contributed by atoms with Crippen LogP contribution in [0, 0.1) is 11.8 Å². The van der Waals surface area contributed by atoms with Crippen molar-refractivity contribution in [1.82, 2.24) is 4.98 Å². The first-order chi connectivity index (χ1) is 11.7. The Morgan fingerprint density at radius 2 is 1.83 bits per heavy atom. The number of fused-ring (bicyclic) bond motifs is 1. The summed E-state index contributed by atoms with van der Waals surface area (Å²) in [5.41, 5.74) is 3.14. The van der Waals surface area contributed by atoms with Crippen molar-refractivity contribution in [2.24, 2.45) is 0 Å². The van der Waals surface area contributed by atoms with E-state index in [2.05, 4.69) is 29.0 Å². The van der Waals surface area contributed by atoms with E-state index in [0.29, 0.717) is 6.42 Å². The van der Waals surface area contributed by atoms with Crippen LogP contribution in [0.5, 0.6) is 0 Å². The Kier molecular flexibility index (Phi) is 4.88. The molecule has 0 unspecified atom stereocenters. The van der Waals surface area contributed by atoms with Gasteiger partial charge in [0.05, 0.1) is 12.1 Å². The zero-order valence-electron chi connectivity index (χ0n) is 13.2. The molecule has 2 aromatic carbocycles. The van der Waals surface area contributed by atoms with Crippen molar-refractivity contribution in [3.63, 3.8) is 0 Å². The average molecular weight is 315 g/mol. The van der Waals surface area contributed by atoms with E-state index in [9.17, 15) is 4.79 Å². The molecular weight excluding hydrogens is 298 g/mol. The summed E-state index contributed by atoms with van der Waals surface area (Å²) >= 11 is 0. The van der Waals surface area contributed by atoms with E-state index < -0.39 is 5.97 Å². The molecule has 0 saturated heterocycles. The first-order valence-electron chi connectivity index (χ1n) is 7.84. The van der Waals surface area contributed by atoms with Crippen LogP contribution in [0.1, 0.15) is 29.7 Å². The van der Waals surface area contributed by atoms with Crippen LogP contribution in [0.2, 0.25) is 0 Å². The first kappa shape index (κ1) is 15.8. The Labute approximate surface area is 141 Å². The minimum Gasteiger partial charge on any atom is -0.481 e. The minimum atomic E-state index is -0.817. The zero-order chi connectivity index (χ0) is 16.8. The molecular formula is C21H17NO2. The van der Waals surface area contributed by atoms with Gasteiger partial charge in [0.2, 0.25) is 0 Å². The minimum absolute atomic E-state index is 0.0812. The SMILES string of the molecule is O=C(O)CCC#Cc1ccc(Cc2nccc3ccccc23)cc1. The molecule has 0 atom stereocenters. The third kappa shape index (κ3) is 3.99. The Morgan fingerprint density at radius 1 is 1.04 bits per heavy atom. The quantitative estimate of drug-likeness (QED) is 0.739. The smallest absolute Gasteiger partial charge is 0.304 e. The van der Waals surface area contributed by atoms with Crippen molar-refractivity contribution in [3.05, 3.63) is 77.6 Å². The largest absolute Gasteiger partial charge is 0.481 e. The van der Waals surface area contributed by atoms with Gasteiger partial charge in [0.1, 0.15) is 0 Å². The maximum absolute atomic E-state index is 10.4. The maximum atomic E-state index is 10.4. The van der Waals surface area contributed by atoms with Gasteiger partial charge in [-0.05, 0) is 29.1 Å². The number of pyridine rings is 1. The monoisotopic (exact) mass is 315 g/mol. The van der Waals surface area contributed by atoms with E-state index in [4.69, 9.17) is 5.11 Å². The summed E-state index contributed by atoms with van der Waals surface area (Å²) in [4.78, 5) is 15.0. The van der Waals surface area contributed by atoms with Crippen LogP contribution in [0.3, 0.4) is 0 Å². The average Bonchev–Trinajstić information content (AvgIpc) is 2.60. The molecule has 24 heavy (non-hydrogen) atoms. The van der Waals surface area contributed by atoms with E-state index in [-0.39, 0.29) is 6.42 Å². The van der Waals surface area contributed by atoms with Gasteiger partial charge in [-0.2, -0.15) is 0 Å². The summed E-state index contributed by atoms with van der Waals surface area (Å²) < 4.78 is 0. The molecule has 3 aromatic rings. The summed E-state index contributed by atoms with van der Waals surface area (Å²) in [6.07, 6.45) is 3.07. The number of carboxylic acids is 1. The Hall–Kier alpha value is -3.12. The summed E-state index contributed by atoms with van der Waals surface area (Å²) in [5, 5.41) is 11.0. The lowest BCUT2D eigenvalue weighted by molar-refractivity contribution is -0.136. The van der Waals surface area contributed by atoms with E-state index in [0.717, 1.165) is 17.7 Å². The van der Waals surface area contributed by atoms with Crippen molar-refractivity contribution in [1.29, 1.82) is 0 Å². The van der Waals surface area contributed by atoms with Gasteiger partial charge in [0.25, 0.3) is 0 Å². The van der Waals surface area contributed by atoms with Crippen LogP contribution in [0.15, 0.2) is 60.8 Å². The molecule has 0 bridgehead atoms. The van der Waals surface area contributed by atoms with Crippen molar-refractivity contribution < 1.29 is 9.90 Å². The second-order valence-electron chi connectivity index (χ2n) is 5.55. The lowest BCUT2D eigenvalue weighted by Gasteiger charge is -2.06. The Balaban J connectivity index is 1.73. The predicted molar refractivity (Wildman–Crippen MR) is 94.7 cm³/mol. The summed E-state index contributed by atoms with van der Waals surface area (Å²) in [7, 11) is 0. The van der Waals surface area contributed by atoms with Gasteiger partial charge in [0.15, 0.2) is 0 Å². The van der Waals surface area contributed by atoms with Gasteiger partial charge in [0, 0.05) is 30.0 Å². The molecule has 1 heterocycles. The summed E-state index contributed by atoms with van der Waals surface area (Å²) in [6.45, 7) is 0. The molecule has 3 rings (SSSR count). The van der Waals surface area contributed by atoms with Gasteiger partial charge in [-0.3, -0.25) is 9.78 Å². The molecule has 0 radical (unpaired) electrons. The molecule has 0 aliphatic carbocycles. The Morgan fingerprint density at radius 3 is 2.62 bits per heavy atom. The Bertz CT molecular complexity index is 912. The highest BCUT2D eigenvalue weighted by Gasteiger charge is 2.03. The number of hydrogen-bond acceptors (Lipinski definition) is 2. The van der Waals surface area contributed by atoms with Crippen molar-refractivity contribution >= 4 is 16.7 Å². The molecule has 3 nitrogen and oxygen atoms in total. The van der Waals surface area contributed by atoms with Gasteiger partial charge >= 0.3 is 5.97 Å². The number of nitrogens with zero attached hydrogens (tertiary/aromatic N) is 1. The fourth-order valence-electron chi connectivity index (χ4n) is 2.56. The summed E-state index contributed by atoms with van der Waals surface area (Å²) in [5.74, 6) is 5.06. The van der Waals surface area contributed by atoms with Crippen molar-refractivity contribution in [3.8, 4) is 11.8 Å². The van der Waals surface area contributed by atoms with Crippen LogP contribution < -0.4 is 0 Å². The second-order valence-corrected chi connectivity index (χ2v) is 5.55. The third-order valence-electron chi connectivity index (χ3n) is 3.78. The van der Waals surface area contributed by atoms with E-state index in [1.807, 2.05) is 48.7 Å². The second kappa shape index (κ2) is 7.43. The highest BCUT2D eigenvalue weighted by Crippen LogP contribution is 2.19. The molecule has 1 aromatic heterocycles. The standard InChI is InChI=1S/C21H17NO2/c23-21(24)8-4-1-5-16-9-11-17(12-10-16)15-20-19-7-3-2-6-18(19)13-14-22-20/h2-3,6-7,9-14H,4,8,15H2,(H,23,24). The number of carbonyl (C=O) groups is 1. The zero-order valence-corrected chi connectivity index (χ0v) is 13.2. The number of aliphatic carboxylic acids is 1. The third-order valence-corrected chi connectivity index (χ3v) is 3.78. The molecule has 0 aliphatic heterocycles. The molecule has 0 aliphatic rings. The molecule has 1 N–H and O–H groups in total. The fourth-order valence-corrected chi connectivity index (χ4v) is 2.56. The molecule has 0 saturated carbocycles. The number of rotatable bonds is 4. The molecule has 3 heteroatoms. The van der Waals surface area contributed by atoms with Gasteiger partial charge in [-0.25, -0.2) is 0 Å². The summed E-state index contributed by atoms with van der Waals surface area (Å²) in [6, 6.07) is 18.3. The number of benzene rings is 2. The van der Waals surface area contributed by atoms with Crippen LogP contribution in [-0.4, -0.2) is 16.1 Å². The first-order valence-corrected chi connectivity index (χ1v) is 7.84. The van der Waals surface area contributed by atoms with E-state index in [1.165, 1.54) is 16.3 Å². The van der Waals surface area contributed by atoms with Gasteiger partial charge < -0.3 is 5.11 Å². The number of aromatic nitrogens is 1. The molecule has 0 spiro atoms. The van der Waals surface area contributed by atoms with Crippen molar-refractivity contribution in [2.75, 3.05) is 0 Å². The van der Waals surface area contributed by atoms with Gasteiger partial charge in [-0.1, -0.05) is 48.2 Å². The molecule has 0 amide bonds. The highest BCUT2D eigenvalue weighted by molar-refractivity contribution is 5.84. The van der Waals surface area contributed by atoms with E-state index in [1.54, 1.807) is 0 Å². The van der Waals surface area contributed by atoms with Gasteiger partial charge in [-0.15, -0.1) is 0 Å². The molecule has 118 valence electrons. The van der Waals surface area contributed by atoms with Crippen LogP contribution >= 0.6 is 0 Å².